The van der Waals surface area contributed by atoms with Crippen LogP contribution in [-0.2, 0) is 4.79 Å². The van der Waals surface area contributed by atoms with Crippen LogP contribution in [0.2, 0.25) is 0 Å². The third kappa shape index (κ3) is 1.69. The van der Waals surface area contributed by atoms with Crippen LogP contribution in [0.1, 0.15) is 26.2 Å². The van der Waals surface area contributed by atoms with Crippen LogP contribution in [0.25, 0.3) is 0 Å². The van der Waals surface area contributed by atoms with Gasteiger partial charge in [0.2, 0.25) is 5.91 Å². The zero-order valence-corrected chi connectivity index (χ0v) is 9.94. The minimum absolute atomic E-state index is 0.0840. The smallest absolute Gasteiger partial charge is 0.243 e. The molecule has 1 amide bonds. The largest absolute Gasteiger partial charge is 0.397 e. The molecule has 3 rings (SSSR count). The number of anilines is 2. The third-order valence-electron chi connectivity index (χ3n) is 3.79. The Morgan fingerprint density at radius 2 is 2.12 bits per heavy atom. The van der Waals surface area contributed by atoms with E-state index in [0.717, 1.165) is 5.69 Å². The van der Waals surface area contributed by atoms with Gasteiger partial charge in [0.1, 0.15) is 0 Å². The van der Waals surface area contributed by atoms with E-state index in [-0.39, 0.29) is 11.4 Å². The Hall–Kier alpha value is -1.55. The molecule has 1 saturated carbocycles. The average Bonchev–Trinajstić information content (AvgIpc) is 3.07. The third-order valence-corrected chi connectivity index (χ3v) is 3.79. The number of hydrazine groups is 1. The molecule has 1 atom stereocenters. The SMILES string of the molecule is CC1(C2CC2)CC(=O)N(c2ccccc2N)N1. The quantitative estimate of drug-likeness (QED) is 0.761. The maximum atomic E-state index is 12.1. The first kappa shape index (κ1) is 10.6. The predicted octanol–water partition coefficient (Wildman–Crippen LogP) is 1.68. The number of hydrogen-bond donors (Lipinski definition) is 2. The number of carbonyl (C=O) groups excluding carboxylic acids is 1. The molecular formula is C13H17N3O. The van der Waals surface area contributed by atoms with Gasteiger partial charge in [-0.15, -0.1) is 0 Å². The molecule has 90 valence electrons. The number of rotatable bonds is 2. The molecule has 2 fully saturated rings. The summed E-state index contributed by atoms with van der Waals surface area (Å²) in [6, 6.07) is 7.46. The second kappa shape index (κ2) is 3.47. The van der Waals surface area contributed by atoms with Crippen molar-refractivity contribution >= 4 is 17.3 Å². The van der Waals surface area contributed by atoms with Crippen LogP contribution in [0.3, 0.4) is 0 Å². The molecule has 0 radical (unpaired) electrons. The molecule has 1 unspecified atom stereocenters. The summed E-state index contributed by atoms with van der Waals surface area (Å²) in [7, 11) is 0. The van der Waals surface area contributed by atoms with E-state index in [1.54, 1.807) is 5.01 Å². The molecule has 1 aliphatic carbocycles. The van der Waals surface area contributed by atoms with Gasteiger partial charge < -0.3 is 5.73 Å². The molecule has 1 saturated heterocycles. The summed E-state index contributed by atoms with van der Waals surface area (Å²) in [5.41, 5.74) is 10.6. The Kier molecular flexibility index (Phi) is 2.16. The van der Waals surface area contributed by atoms with Crippen molar-refractivity contribution in [2.24, 2.45) is 5.92 Å². The number of para-hydroxylation sites is 2. The minimum Gasteiger partial charge on any atom is -0.397 e. The van der Waals surface area contributed by atoms with Crippen LogP contribution < -0.4 is 16.2 Å². The molecular weight excluding hydrogens is 214 g/mol. The van der Waals surface area contributed by atoms with Gasteiger partial charge in [-0.05, 0) is 37.8 Å². The van der Waals surface area contributed by atoms with E-state index in [9.17, 15) is 4.79 Å². The lowest BCUT2D eigenvalue weighted by Crippen LogP contribution is -2.46. The molecule has 1 heterocycles. The standard InChI is InChI=1S/C13H17N3O/c1-13(9-6-7-9)8-12(17)16(15-13)11-5-3-2-4-10(11)14/h2-5,9,15H,6-8,14H2,1H3. The summed E-state index contributed by atoms with van der Waals surface area (Å²) in [5, 5.41) is 1.62. The van der Waals surface area contributed by atoms with Gasteiger partial charge in [-0.2, -0.15) is 0 Å². The lowest BCUT2D eigenvalue weighted by molar-refractivity contribution is -0.117. The summed E-state index contributed by atoms with van der Waals surface area (Å²) >= 11 is 0. The highest BCUT2D eigenvalue weighted by molar-refractivity contribution is 5.98. The molecule has 17 heavy (non-hydrogen) atoms. The summed E-state index contributed by atoms with van der Waals surface area (Å²) in [6.45, 7) is 2.13. The molecule has 1 aromatic rings. The fourth-order valence-corrected chi connectivity index (χ4v) is 2.59. The van der Waals surface area contributed by atoms with Gasteiger partial charge in [-0.1, -0.05) is 12.1 Å². The van der Waals surface area contributed by atoms with Gasteiger partial charge in [0.15, 0.2) is 0 Å². The molecule has 0 bridgehead atoms. The Balaban J connectivity index is 1.90. The van der Waals surface area contributed by atoms with Gasteiger partial charge >= 0.3 is 0 Å². The number of benzene rings is 1. The molecule has 2 aliphatic rings. The lowest BCUT2D eigenvalue weighted by Gasteiger charge is -2.26. The zero-order valence-electron chi connectivity index (χ0n) is 9.94. The number of nitrogens with two attached hydrogens (primary N) is 1. The Bertz CT molecular complexity index is 469. The number of amides is 1. The van der Waals surface area contributed by atoms with Crippen LogP contribution in [0, 0.1) is 5.92 Å². The lowest BCUT2D eigenvalue weighted by atomic mass is 9.94. The van der Waals surface area contributed by atoms with E-state index in [1.165, 1.54) is 12.8 Å². The second-order valence-electron chi connectivity index (χ2n) is 5.27. The predicted molar refractivity (Wildman–Crippen MR) is 67.2 cm³/mol. The van der Waals surface area contributed by atoms with E-state index in [0.29, 0.717) is 18.0 Å². The highest BCUT2D eigenvalue weighted by Crippen LogP contribution is 2.44. The maximum Gasteiger partial charge on any atom is 0.243 e. The first-order chi connectivity index (χ1) is 8.10. The number of nitrogens with zero attached hydrogens (tertiary/aromatic N) is 1. The molecule has 4 nitrogen and oxygen atoms in total. The fraction of sp³-hybridized carbons (Fsp3) is 0.462. The normalized spacial score (nSPS) is 28.8. The Morgan fingerprint density at radius 3 is 2.76 bits per heavy atom. The van der Waals surface area contributed by atoms with Crippen LogP contribution in [0.5, 0.6) is 0 Å². The Labute approximate surface area is 101 Å². The zero-order chi connectivity index (χ0) is 12.0. The van der Waals surface area contributed by atoms with Gasteiger partial charge in [-0.3, -0.25) is 4.79 Å². The molecule has 1 aliphatic heterocycles. The van der Waals surface area contributed by atoms with Crippen molar-refractivity contribution in [1.29, 1.82) is 0 Å². The van der Waals surface area contributed by atoms with Crippen molar-refractivity contribution in [2.45, 2.75) is 31.7 Å². The van der Waals surface area contributed by atoms with E-state index < -0.39 is 0 Å². The van der Waals surface area contributed by atoms with Crippen molar-refractivity contribution < 1.29 is 4.79 Å². The van der Waals surface area contributed by atoms with Crippen LogP contribution in [-0.4, -0.2) is 11.4 Å². The number of nitrogen functional groups attached to an aromatic ring is 1. The second-order valence-corrected chi connectivity index (χ2v) is 5.27. The number of nitrogens with one attached hydrogen (secondary N) is 1. The van der Waals surface area contributed by atoms with Crippen LogP contribution in [0.15, 0.2) is 24.3 Å². The highest BCUT2D eigenvalue weighted by atomic mass is 16.2. The summed E-state index contributed by atoms with van der Waals surface area (Å²) in [4.78, 5) is 12.1. The molecule has 1 aromatic carbocycles. The summed E-state index contributed by atoms with van der Waals surface area (Å²) < 4.78 is 0. The molecule has 0 spiro atoms. The van der Waals surface area contributed by atoms with E-state index in [2.05, 4.69) is 12.3 Å². The van der Waals surface area contributed by atoms with E-state index >= 15 is 0 Å². The highest BCUT2D eigenvalue weighted by Gasteiger charge is 2.49. The first-order valence-corrected chi connectivity index (χ1v) is 6.05. The van der Waals surface area contributed by atoms with Gasteiger partial charge in [0.05, 0.1) is 11.4 Å². The first-order valence-electron chi connectivity index (χ1n) is 6.05. The minimum atomic E-state index is -0.0840. The van der Waals surface area contributed by atoms with Crippen molar-refractivity contribution in [1.82, 2.24) is 5.43 Å². The molecule has 0 aromatic heterocycles. The topological polar surface area (TPSA) is 58.4 Å². The van der Waals surface area contributed by atoms with Crippen LogP contribution >= 0.6 is 0 Å². The maximum absolute atomic E-state index is 12.1. The van der Waals surface area contributed by atoms with E-state index in [4.69, 9.17) is 5.73 Å². The van der Waals surface area contributed by atoms with Crippen molar-refractivity contribution in [2.75, 3.05) is 10.7 Å². The monoisotopic (exact) mass is 231 g/mol. The fourth-order valence-electron chi connectivity index (χ4n) is 2.59. The summed E-state index contributed by atoms with van der Waals surface area (Å²) in [6.07, 6.45) is 3.00. The van der Waals surface area contributed by atoms with Gasteiger partial charge in [0.25, 0.3) is 0 Å². The van der Waals surface area contributed by atoms with Gasteiger partial charge in [-0.25, -0.2) is 10.4 Å². The summed E-state index contributed by atoms with van der Waals surface area (Å²) in [5.74, 6) is 0.735. The van der Waals surface area contributed by atoms with E-state index in [1.807, 2.05) is 24.3 Å². The Morgan fingerprint density at radius 1 is 1.41 bits per heavy atom. The van der Waals surface area contributed by atoms with Crippen molar-refractivity contribution in [3.8, 4) is 0 Å². The van der Waals surface area contributed by atoms with Gasteiger partial charge in [0, 0.05) is 12.0 Å². The molecule has 4 heteroatoms. The van der Waals surface area contributed by atoms with Crippen molar-refractivity contribution in [3.05, 3.63) is 24.3 Å². The average molecular weight is 231 g/mol. The van der Waals surface area contributed by atoms with Crippen LogP contribution in [0.4, 0.5) is 11.4 Å². The number of hydrogen-bond acceptors (Lipinski definition) is 3. The molecule has 3 N–H and O–H groups in total. The number of carbonyl (C=O) groups is 1. The van der Waals surface area contributed by atoms with Crippen molar-refractivity contribution in [3.63, 3.8) is 0 Å².